The molecule has 0 aliphatic carbocycles. The lowest BCUT2D eigenvalue weighted by Crippen LogP contribution is -2.42. The maximum Gasteiger partial charge on any atom is 0.317 e. The van der Waals surface area contributed by atoms with Gasteiger partial charge in [-0.1, -0.05) is 18.2 Å². The molecule has 3 rings (SSSR count). The fraction of sp³-hybridized carbons (Fsp3) is 0.412. The third kappa shape index (κ3) is 4.09. The van der Waals surface area contributed by atoms with Crippen molar-refractivity contribution in [3.05, 3.63) is 35.9 Å². The number of urea groups is 1. The normalized spacial score (nSPS) is 18.1. The van der Waals surface area contributed by atoms with Crippen molar-refractivity contribution in [1.29, 1.82) is 0 Å². The van der Waals surface area contributed by atoms with Crippen LogP contribution >= 0.6 is 0 Å². The number of likely N-dealkylation sites (N-methyl/N-ethyl adjacent to an activating group) is 1. The molecule has 2 amide bonds. The number of anilines is 1. The van der Waals surface area contributed by atoms with E-state index in [0.29, 0.717) is 30.5 Å². The minimum Gasteiger partial charge on any atom is -0.474 e. The van der Waals surface area contributed by atoms with Gasteiger partial charge in [-0.15, -0.1) is 5.10 Å². The minimum atomic E-state index is -0.649. The molecule has 1 saturated heterocycles. The Balaban J connectivity index is 1.82. The molecule has 1 fully saturated rings. The molecule has 1 aliphatic rings. The number of carbonyl (C=O) groups excluding carboxylic acids is 1. The van der Waals surface area contributed by atoms with Crippen LogP contribution in [0.3, 0.4) is 0 Å². The van der Waals surface area contributed by atoms with Crippen LogP contribution < -0.4 is 15.8 Å². The van der Waals surface area contributed by atoms with E-state index < -0.39 is 6.03 Å². The molecule has 1 aliphatic heterocycles. The minimum absolute atomic E-state index is 0.00688. The topological polar surface area (TPSA) is 94.6 Å². The predicted molar refractivity (Wildman–Crippen MR) is 94.2 cm³/mol. The van der Waals surface area contributed by atoms with E-state index in [0.717, 1.165) is 18.8 Å². The first-order valence-corrected chi connectivity index (χ1v) is 8.19. The number of hydrogen-bond acceptors (Lipinski definition) is 5. The number of nitrogens with one attached hydrogen (secondary N) is 1. The summed E-state index contributed by atoms with van der Waals surface area (Å²) >= 11 is 0. The van der Waals surface area contributed by atoms with Gasteiger partial charge in [0.05, 0.1) is 17.9 Å². The van der Waals surface area contributed by atoms with Crippen LogP contribution in [0.25, 0.3) is 5.69 Å². The van der Waals surface area contributed by atoms with Gasteiger partial charge in [0, 0.05) is 13.1 Å². The quantitative estimate of drug-likeness (QED) is 0.854. The van der Waals surface area contributed by atoms with E-state index in [-0.39, 0.29) is 6.10 Å². The molecule has 1 aromatic carbocycles. The van der Waals surface area contributed by atoms with Gasteiger partial charge in [-0.3, -0.25) is 5.32 Å². The number of nitrogens with two attached hydrogens (primary N) is 1. The molecule has 3 N–H and O–H groups in total. The fourth-order valence-corrected chi connectivity index (χ4v) is 2.77. The molecule has 2 heterocycles. The average molecular weight is 345 g/mol. The van der Waals surface area contributed by atoms with Gasteiger partial charge in [0.25, 0.3) is 0 Å². The predicted octanol–water partition coefficient (Wildman–Crippen LogP) is 1.38. The van der Waals surface area contributed by atoms with Gasteiger partial charge in [-0.05, 0) is 26.1 Å². The van der Waals surface area contributed by atoms with Crippen LogP contribution in [0, 0.1) is 6.92 Å². The Bertz CT molecular complexity index is 731. The fourth-order valence-electron chi connectivity index (χ4n) is 2.77. The van der Waals surface area contributed by atoms with Gasteiger partial charge in [-0.2, -0.15) is 0 Å². The van der Waals surface area contributed by atoms with Crippen molar-refractivity contribution in [3.63, 3.8) is 0 Å². The lowest BCUT2D eigenvalue weighted by Gasteiger charge is -2.29. The molecule has 1 atom stereocenters. The number of rotatable bonds is 5. The molecular formula is C17H23N5O3. The van der Waals surface area contributed by atoms with Crippen molar-refractivity contribution in [2.75, 3.05) is 38.7 Å². The summed E-state index contributed by atoms with van der Waals surface area (Å²) in [6.45, 7) is 4.65. The van der Waals surface area contributed by atoms with Crippen LogP contribution in [0.1, 0.15) is 5.56 Å². The second-order valence-electron chi connectivity index (χ2n) is 6.08. The summed E-state index contributed by atoms with van der Waals surface area (Å²) in [6, 6.07) is 8.83. The first-order valence-electron chi connectivity index (χ1n) is 8.19. The number of amides is 2. The van der Waals surface area contributed by atoms with Gasteiger partial charge >= 0.3 is 6.03 Å². The SMILES string of the molecule is Cc1c(OCC2CN(C)CCO2)nn(-c2ccccc2)c1NC(N)=O. The van der Waals surface area contributed by atoms with Crippen molar-refractivity contribution in [3.8, 4) is 11.6 Å². The van der Waals surface area contributed by atoms with E-state index in [1.54, 1.807) is 4.68 Å². The summed E-state index contributed by atoms with van der Waals surface area (Å²) in [6.07, 6.45) is -0.00688. The molecule has 8 nitrogen and oxygen atoms in total. The van der Waals surface area contributed by atoms with E-state index in [1.807, 2.05) is 37.3 Å². The highest BCUT2D eigenvalue weighted by molar-refractivity contribution is 5.88. The van der Waals surface area contributed by atoms with E-state index in [4.69, 9.17) is 15.2 Å². The lowest BCUT2D eigenvalue weighted by atomic mass is 10.3. The number of benzene rings is 1. The Morgan fingerprint density at radius 3 is 2.88 bits per heavy atom. The number of nitrogens with zero attached hydrogens (tertiary/aromatic N) is 3. The van der Waals surface area contributed by atoms with Crippen molar-refractivity contribution in [2.24, 2.45) is 5.73 Å². The lowest BCUT2D eigenvalue weighted by molar-refractivity contribution is -0.0411. The van der Waals surface area contributed by atoms with Crippen LogP contribution in [0.15, 0.2) is 30.3 Å². The Kier molecular flexibility index (Phi) is 5.20. The standard InChI is InChI=1S/C17H23N5O3/c1-12-15(19-17(18)23)22(13-6-4-3-5-7-13)20-16(12)25-11-14-10-21(2)8-9-24-14/h3-7,14H,8-11H2,1-2H3,(H3,18,19,23). The maximum atomic E-state index is 11.4. The van der Waals surface area contributed by atoms with Crippen LogP contribution in [-0.2, 0) is 4.74 Å². The number of hydrogen-bond donors (Lipinski definition) is 2. The third-order valence-corrected chi connectivity index (χ3v) is 4.07. The molecule has 0 spiro atoms. The molecule has 1 aromatic heterocycles. The maximum absolute atomic E-state index is 11.4. The molecule has 8 heteroatoms. The van der Waals surface area contributed by atoms with Crippen molar-refractivity contribution >= 4 is 11.8 Å². The van der Waals surface area contributed by atoms with E-state index >= 15 is 0 Å². The molecule has 25 heavy (non-hydrogen) atoms. The zero-order valence-electron chi connectivity index (χ0n) is 14.4. The summed E-state index contributed by atoms with van der Waals surface area (Å²) in [4.78, 5) is 13.6. The molecule has 0 bridgehead atoms. The zero-order valence-corrected chi connectivity index (χ0v) is 14.4. The molecule has 0 saturated carbocycles. The van der Waals surface area contributed by atoms with Gasteiger partial charge in [0.15, 0.2) is 0 Å². The van der Waals surface area contributed by atoms with E-state index in [2.05, 4.69) is 22.4 Å². The Morgan fingerprint density at radius 1 is 1.44 bits per heavy atom. The summed E-state index contributed by atoms with van der Waals surface area (Å²) in [5.41, 5.74) is 6.82. The van der Waals surface area contributed by atoms with Gasteiger partial charge in [0.2, 0.25) is 5.88 Å². The highest BCUT2D eigenvalue weighted by atomic mass is 16.5. The highest BCUT2D eigenvalue weighted by Gasteiger charge is 2.22. The second kappa shape index (κ2) is 7.54. The Hall–Kier alpha value is -2.58. The summed E-state index contributed by atoms with van der Waals surface area (Å²) in [5, 5.41) is 7.12. The van der Waals surface area contributed by atoms with Crippen molar-refractivity contribution < 1.29 is 14.3 Å². The Labute approximate surface area is 146 Å². The van der Waals surface area contributed by atoms with Gasteiger partial charge in [0.1, 0.15) is 18.5 Å². The van der Waals surface area contributed by atoms with Gasteiger partial charge < -0.3 is 20.1 Å². The average Bonchev–Trinajstić information content (AvgIpc) is 2.90. The number of carbonyl (C=O) groups is 1. The number of ether oxygens (including phenoxy) is 2. The molecule has 1 unspecified atom stereocenters. The van der Waals surface area contributed by atoms with Crippen molar-refractivity contribution in [2.45, 2.75) is 13.0 Å². The van der Waals surface area contributed by atoms with Crippen LogP contribution in [0.5, 0.6) is 5.88 Å². The van der Waals surface area contributed by atoms with Crippen molar-refractivity contribution in [1.82, 2.24) is 14.7 Å². The van der Waals surface area contributed by atoms with Crippen LogP contribution in [0.2, 0.25) is 0 Å². The van der Waals surface area contributed by atoms with E-state index in [1.165, 1.54) is 0 Å². The molecule has 134 valence electrons. The molecule has 2 aromatic rings. The molecule has 0 radical (unpaired) electrons. The summed E-state index contributed by atoms with van der Waals surface area (Å²) in [7, 11) is 2.06. The second-order valence-corrected chi connectivity index (χ2v) is 6.08. The Morgan fingerprint density at radius 2 is 2.20 bits per heavy atom. The summed E-state index contributed by atoms with van der Waals surface area (Å²) in [5.74, 6) is 0.944. The highest BCUT2D eigenvalue weighted by Crippen LogP contribution is 2.28. The molecular weight excluding hydrogens is 322 g/mol. The first-order chi connectivity index (χ1) is 12.0. The largest absolute Gasteiger partial charge is 0.474 e. The number of para-hydroxylation sites is 1. The van der Waals surface area contributed by atoms with Crippen LogP contribution in [0.4, 0.5) is 10.6 Å². The number of primary amides is 1. The first kappa shape index (κ1) is 17.2. The zero-order chi connectivity index (χ0) is 17.8. The van der Waals surface area contributed by atoms with Gasteiger partial charge in [-0.25, -0.2) is 9.48 Å². The third-order valence-electron chi connectivity index (χ3n) is 4.07. The van der Waals surface area contributed by atoms with Crippen LogP contribution in [-0.4, -0.2) is 60.2 Å². The monoisotopic (exact) mass is 345 g/mol. The number of aromatic nitrogens is 2. The smallest absolute Gasteiger partial charge is 0.317 e. The summed E-state index contributed by atoms with van der Waals surface area (Å²) < 4.78 is 13.2. The van der Waals surface area contributed by atoms with E-state index in [9.17, 15) is 4.79 Å². The number of morpholine rings is 1.